The van der Waals surface area contributed by atoms with E-state index in [-0.39, 0.29) is 10.6 Å². The van der Waals surface area contributed by atoms with Gasteiger partial charge in [-0.2, -0.15) is 0 Å². The lowest BCUT2D eigenvalue weighted by atomic mass is 10.0. The molecule has 17 heavy (non-hydrogen) atoms. The summed E-state index contributed by atoms with van der Waals surface area (Å²) in [4.78, 5) is 10.2. The fourth-order valence-corrected chi connectivity index (χ4v) is 2.10. The predicted molar refractivity (Wildman–Crippen MR) is 67.0 cm³/mol. The van der Waals surface area contributed by atoms with Crippen molar-refractivity contribution in [1.29, 1.82) is 0 Å². The Hall–Kier alpha value is -1.42. The molecule has 1 atom stereocenters. The lowest BCUT2D eigenvalue weighted by molar-refractivity contribution is -0.384. The molecule has 0 amide bonds. The Morgan fingerprint density at radius 2 is 2.06 bits per heavy atom. The minimum absolute atomic E-state index is 0.164. The molecule has 4 heteroatoms. The first-order valence-corrected chi connectivity index (χ1v) is 6.09. The van der Waals surface area contributed by atoms with Gasteiger partial charge in [0.1, 0.15) is 0 Å². The summed E-state index contributed by atoms with van der Waals surface area (Å²) in [6, 6.07) is 7.37. The third-order valence-corrected chi connectivity index (χ3v) is 3.35. The number of nitrogens with zero attached hydrogens (tertiary/aromatic N) is 1. The molecule has 0 radical (unpaired) electrons. The van der Waals surface area contributed by atoms with Crippen LogP contribution in [0.25, 0.3) is 0 Å². The van der Waals surface area contributed by atoms with Crippen LogP contribution in [-0.2, 0) is 6.42 Å². The topological polar surface area (TPSA) is 55.2 Å². The minimum Gasteiger partial charge on any atom is -0.317 e. The summed E-state index contributed by atoms with van der Waals surface area (Å²) in [5.41, 5.74) is 1.33. The van der Waals surface area contributed by atoms with E-state index >= 15 is 0 Å². The Kier molecular flexibility index (Phi) is 3.74. The van der Waals surface area contributed by atoms with Crippen LogP contribution in [0.4, 0.5) is 5.69 Å². The number of nitro benzene ring substituents is 1. The summed E-state index contributed by atoms with van der Waals surface area (Å²) < 4.78 is 0. The van der Waals surface area contributed by atoms with E-state index in [1.165, 1.54) is 19.3 Å². The highest BCUT2D eigenvalue weighted by Gasteiger charge is 2.24. The molecule has 1 fully saturated rings. The average Bonchev–Trinajstić information content (AvgIpc) is 3.13. The maximum atomic E-state index is 10.5. The van der Waals surface area contributed by atoms with Crippen molar-refractivity contribution in [3.05, 3.63) is 39.9 Å². The Morgan fingerprint density at radius 3 is 2.53 bits per heavy atom. The lowest BCUT2D eigenvalue weighted by Gasteiger charge is -2.15. The number of benzene rings is 1. The van der Waals surface area contributed by atoms with Gasteiger partial charge in [-0.1, -0.05) is 25.0 Å². The summed E-state index contributed by atoms with van der Waals surface area (Å²) in [5.74, 6) is 0.894. The molecule has 0 saturated heterocycles. The Bertz CT molecular complexity index is 385. The molecule has 1 unspecified atom stereocenters. The van der Waals surface area contributed by atoms with E-state index in [0.29, 0.717) is 6.04 Å². The molecule has 92 valence electrons. The molecule has 2 rings (SSSR count). The highest BCUT2D eigenvalue weighted by molar-refractivity contribution is 5.33. The summed E-state index contributed by atoms with van der Waals surface area (Å²) in [5, 5.41) is 13.9. The van der Waals surface area contributed by atoms with Gasteiger partial charge in [-0.05, 0) is 31.4 Å². The summed E-state index contributed by atoms with van der Waals surface area (Å²) in [6.07, 6.45) is 4.88. The fourth-order valence-electron chi connectivity index (χ4n) is 2.10. The van der Waals surface area contributed by atoms with Gasteiger partial charge in [0.2, 0.25) is 0 Å². The lowest BCUT2D eigenvalue weighted by Crippen LogP contribution is -2.28. The maximum absolute atomic E-state index is 10.5. The summed E-state index contributed by atoms with van der Waals surface area (Å²) in [6.45, 7) is 0. The number of nitro groups is 1. The van der Waals surface area contributed by atoms with Gasteiger partial charge in [0.25, 0.3) is 5.69 Å². The second-order valence-corrected chi connectivity index (χ2v) is 4.79. The molecule has 0 spiro atoms. The van der Waals surface area contributed by atoms with Crippen LogP contribution in [0, 0.1) is 16.0 Å². The van der Waals surface area contributed by atoms with Gasteiger partial charge < -0.3 is 5.32 Å². The van der Waals surface area contributed by atoms with E-state index in [1.807, 2.05) is 19.2 Å². The van der Waals surface area contributed by atoms with Crippen molar-refractivity contribution >= 4 is 5.69 Å². The highest BCUT2D eigenvalue weighted by Crippen LogP contribution is 2.34. The number of hydrogen-bond donors (Lipinski definition) is 1. The van der Waals surface area contributed by atoms with Crippen molar-refractivity contribution in [3.63, 3.8) is 0 Å². The third kappa shape index (κ3) is 3.53. The van der Waals surface area contributed by atoms with Crippen molar-refractivity contribution in [1.82, 2.24) is 5.32 Å². The quantitative estimate of drug-likeness (QED) is 0.608. The van der Waals surface area contributed by atoms with Gasteiger partial charge in [0.05, 0.1) is 4.92 Å². The fraction of sp³-hybridized carbons (Fsp3) is 0.538. The number of hydrogen-bond acceptors (Lipinski definition) is 3. The second kappa shape index (κ2) is 5.27. The van der Waals surface area contributed by atoms with Crippen LogP contribution in [0.3, 0.4) is 0 Å². The largest absolute Gasteiger partial charge is 0.317 e. The van der Waals surface area contributed by atoms with Crippen LogP contribution in [0.5, 0.6) is 0 Å². The van der Waals surface area contributed by atoms with Crippen LogP contribution in [-0.4, -0.2) is 18.0 Å². The number of non-ortho nitro benzene ring substituents is 1. The van der Waals surface area contributed by atoms with Gasteiger partial charge in [0.15, 0.2) is 0 Å². The Morgan fingerprint density at radius 1 is 1.41 bits per heavy atom. The van der Waals surface area contributed by atoms with Crippen LogP contribution < -0.4 is 5.32 Å². The average molecular weight is 234 g/mol. The molecule has 0 aliphatic heterocycles. The molecule has 1 saturated carbocycles. The molecule has 1 aliphatic carbocycles. The predicted octanol–water partition coefficient (Wildman–Crippen LogP) is 2.53. The molecule has 0 aromatic heterocycles. The zero-order valence-corrected chi connectivity index (χ0v) is 10.1. The molecular formula is C13H18N2O2. The van der Waals surface area contributed by atoms with Crippen molar-refractivity contribution < 1.29 is 4.92 Å². The third-order valence-electron chi connectivity index (χ3n) is 3.35. The standard InChI is InChI=1S/C13H18N2O2/c1-14-12(8-10-2-3-10)9-11-4-6-13(7-5-11)15(16)17/h4-7,10,12,14H,2-3,8-9H2,1H3. The van der Waals surface area contributed by atoms with Crippen molar-refractivity contribution in [2.24, 2.45) is 5.92 Å². The monoisotopic (exact) mass is 234 g/mol. The molecule has 0 heterocycles. The SMILES string of the molecule is CNC(Cc1ccc([N+](=O)[O-])cc1)CC1CC1. The van der Waals surface area contributed by atoms with E-state index in [2.05, 4.69) is 5.32 Å². The van der Waals surface area contributed by atoms with Crippen molar-refractivity contribution in [2.45, 2.75) is 31.7 Å². The Balaban J connectivity index is 1.94. The smallest absolute Gasteiger partial charge is 0.269 e. The van der Waals surface area contributed by atoms with Crippen LogP contribution in [0.2, 0.25) is 0 Å². The summed E-state index contributed by atoms with van der Waals surface area (Å²) in [7, 11) is 1.98. The molecule has 0 bridgehead atoms. The van der Waals surface area contributed by atoms with Crippen molar-refractivity contribution in [3.8, 4) is 0 Å². The second-order valence-electron chi connectivity index (χ2n) is 4.79. The van der Waals surface area contributed by atoms with Gasteiger partial charge in [-0.15, -0.1) is 0 Å². The van der Waals surface area contributed by atoms with E-state index in [9.17, 15) is 10.1 Å². The minimum atomic E-state index is -0.358. The van der Waals surface area contributed by atoms with Crippen LogP contribution in [0.15, 0.2) is 24.3 Å². The zero-order chi connectivity index (χ0) is 12.3. The van der Waals surface area contributed by atoms with Gasteiger partial charge in [0, 0.05) is 18.2 Å². The maximum Gasteiger partial charge on any atom is 0.269 e. The van der Waals surface area contributed by atoms with E-state index < -0.39 is 0 Å². The Labute approximate surface area is 101 Å². The first-order chi connectivity index (χ1) is 8.19. The summed E-state index contributed by atoms with van der Waals surface area (Å²) >= 11 is 0. The number of likely N-dealkylation sites (N-methyl/N-ethyl adjacent to an activating group) is 1. The van der Waals surface area contributed by atoms with Crippen LogP contribution in [0.1, 0.15) is 24.8 Å². The molecule has 1 N–H and O–H groups in total. The van der Waals surface area contributed by atoms with Gasteiger partial charge in [-0.25, -0.2) is 0 Å². The number of rotatable bonds is 6. The molecular weight excluding hydrogens is 216 g/mol. The first-order valence-electron chi connectivity index (χ1n) is 6.09. The molecule has 1 aromatic rings. The van der Waals surface area contributed by atoms with E-state index in [0.717, 1.165) is 17.9 Å². The molecule has 1 aliphatic rings. The first kappa shape index (κ1) is 12.0. The van der Waals surface area contributed by atoms with Gasteiger partial charge >= 0.3 is 0 Å². The molecule has 4 nitrogen and oxygen atoms in total. The van der Waals surface area contributed by atoms with E-state index in [4.69, 9.17) is 0 Å². The number of nitrogens with one attached hydrogen (secondary N) is 1. The van der Waals surface area contributed by atoms with Crippen LogP contribution >= 0.6 is 0 Å². The van der Waals surface area contributed by atoms with Crippen molar-refractivity contribution in [2.75, 3.05) is 7.05 Å². The highest BCUT2D eigenvalue weighted by atomic mass is 16.6. The van der Waals surface area contributed by atoms with Gasteiger partial charge in [-0.3, -0.25) is 10.1 Å². The van der Waals surface area contributed by atoms with E-state index in [1.54, 1.807) is 12.1 Å². The zero-order valence-electron chi connectivity index (χ0n) is 10.1. The molecule has 1 aromatic carbocycles. The normalized spacial score (nSPS) is 16.8.